The molecule has 0 aliphatic heterocycles. The highest BCUT2D eigenvalue weighted by atomic mass is 16.6. The highest BCUT2D eigenvalue weighted by molar-refractivity contribution is 5.96. The smallest absolute Gasteiger partial charge is 0.408 e. The summed E-state index contributed by atoms with van der Waals surface area (Å²) in [6.07, 6.45) is -4.17. The van der Waals surface area contributed by atoms with Crippen LogP contribution in [0.2, 0.25) is 0 Å². The van der Waals surface area contributed by atoms with Crippen molar-refractivity contribution in [3.63, 3.8) is 0 Å². The van der Waals surface area contributed by atoms with Gasteiger partial charge in [0.25, 0.3) is 0 Å². The Morgan fingerprint density at radius 2 is 0.871 bits per heavy atom. The van der Waals surface area contributed by atoms with E-state index in [0.29, 0.717) is 22.3 Å². The molecule has 0 fully saturated rings. The van der Waals surface area contributed by atoms with Gasteiger partial charge in [-0.1, -0.05) is 103 Å². The van der Waals surface area contributed by atoms with Crippen LogP contribution in [0.3, 0.4) is 0 Å². The van der Waals surface area contributed by atoms with E-state index in [2.05, 4.69) is 42.5 Å². The van der Waals surface area contributed by atoms with Gasteiger partial charge in [-0.05, 0) is 88.8 Å². The summed E-state index contributed by atoms with van der Waals surface area (Å²) in [5.74, 6) is -7.59. The summed E-state index contributed by atoms with van der Waals surface area (Å²) in [5, 5.41) is 29.9. The topological polar surface area (TPSA) is 367 Å². The molecule has 0 radical (unpaired) electrons. The van der Waals surface area contributed by atoms with Crippen molar-refractivity contribution < 1.29 is 76.8 Å². The molecule has 5 atom stereocenters. The lowest BCUT2D eigenvalue weighted by Crippen LogP contribution is -2.57. The number of esters is 2. The van der Waals surface area contributed by atoms with E-state index in [0.717, 1.165) is 0 Å². The van der Waals surface area contributed by atoms with E-state index in [1.54, 1.807) is 133 Å². The van der Waals surface area contributed by atoms with Crippen molar-refractivity contribution in [2.75, 3.05) is 19.6 Å². The van der Waals surface area contributed by atoms with Crippen molar-refractivity contribution in [1.29, 1.82) is 0 Å². The molecular formula is C60H77N9O16. The maximum atomic E-state index is 14.1. The monoisotopic (exact) mass is 1180 g/mol. The van der Waals surface area contributed by atoms with E-state index in [1.165, 1.54) is 24.3 Å². The van der Waals surface area contributed by atoms with Gasteiger partial charge in [0.15, 0.2) is 0 Å². The Morgan fingerprint density at radius 1 is 0.447 bits per heavy atom. The quantitative estimate of drug-likeness (QED) is 0.0256. The molecule has 0 heterocycles. The first-order valence-corrected chi connectivity index (χ1v) is 27.4. The Morgan fingerprint density at radius 3 is 1.39 bits per heavy atom. The third-order valence-electron chi connectivity index (χ3n) is 11.9. The molecule has 0 saturated carbocycles. The van der Waals surface area contributed by atoms with Gasteiger partial charge in [0.2, 0.25) is 41.4 Å². The third-order valence-corrected chi connectivity index (χ3v) is 11.9. The molecule has 4 rings (SSSR count). The lowest BCUT2D eigenvalue weighted by molar-refractivity contribution is -0.156. The van der Waals surface area contributed by atoms with Gasteiger partial charge in [0.1, 0.15) is 66.9 Å². The molecule has 0 aliphatic carbocycles. The largest absolute Gasteiger partial charge is 0.508 e. The average molecular weight is 1180 g/mol. The Balaban J connectivity index is 1.42. The lowest BCUT2D eigenvalue weighted by Gasteiger charge is -2.26. The Hall–Kier alpha value is -9.55. The number of nitrogens with one attached hydrogen (secondary N) is 8. The Kier molecular flexibility index (Phi) is 27.3. The summed E-state index contributed by atoms with van der Waals surface area (Å²) in [6.45, 7) is 8.28. The van der Waals surface area contributed by atoms with Crippen molar-refractivity contribution >= 4 is 65.5 Å². The van der Waals surface area contributed by atoms with Gasteiger partial charge in [-0.3, -0.25) is 43.2 Å². The summed E-state index contributed by atoms with van der Waals surface area (Å²) >= 11 is 0. The number of ether oxygens (including phenoxy) is 4. The molecule has 9 amide bonds. The number of benzene rings is 4. The zero-order valence-electron chi connectivity index (χ0n) is 48.5. The molecule has 25 nitrogen and oxygen atoms in total. The van der Waals surface area contributed by atoms with Crippen LogP contribution in [0.5, 0.6) is 5.75 Å². The fourth-order valence-corrected chi connectivity index (χ4v) is 7.81. The average Bonchev–Trinajstić information content (AvgIpc) is 3.66. The first-order valence-electron chi connectivity index (χ1n) is 27.4. The van der Waals surface area contributed by atoms with Crippen molar-refractivity contribution in [1.82, 2.24) is 42.5 Å². The Labute approximate surface area is 493 Å². The number of nitrogens with two attached hydrogens (primary N) is 1. The van der Waals surface area contributed by atoms with Gasteiger partial charge < -0.3 is 72.3 Å². The number of phenols is 1. The van der Waals surface area contributed by atoms with Gasteiger partial charge in [-0.25, -0.2) is 9.59 Å². The number of carbonyl (C=O) groups is 11. The molecule has 0 unspecified atom stereocenters. The predicted molar refractivity (Wildman–Crippen MR) is 308 cm³/mol. The number of alkyl carbamates (subject to hydrolysis) is 2. The second kappa shape index (κ2) is 34.1. The van der Waals surface area contributed by atoms with Gasteiger partial charge in [0.05, 0.1) is 6.42 Å². The summed E-state index contributed by atoms with van der Waals surface area (Å²) in [5.41, 5.74) is 6.20. The highest BCUT2D eigenvalue weighted by Gasteiger charge is 2.34. The van der Waals surface area contributed by atoms with Crippen LogP contribution < -0.4 is 48.3 Å². The van der Waals surface area contributed by atoms with E-state index < -0.39 is 126 Å². The van der Waals surface area contributed by atoms with Crippen LogP contribution in [0.25, 0.3) is 0 Å². The SMILES string of the molecule is CC(C)(C)OC(=O)C[C@H](NC(=O)[C@H](CCNC(=O)CCC(=O)NCC[C@H](NC(=O)[C@H](Cc1ccc(O)cc1)NC(=O)OC(C)(C)C)C(=O)NCC(=O)OCc1ccccc1)NC(=O)OCc1ccccc1)C(=O)N[C@@H](Cc1ccccc1)C(N)=O. The second-order valence-corrected chi connectivity index (χ2v) is 21.5. The predicted octanol–water partition coefficient (Wildman–Crippen LogP) is 2.69. The normalized spacial score (nSPS) is 12.8. The standard InChI is InChI=1S/C60H77N9O16/c1-59(2,3)84-50(73)34-47(56(79)66-45(52(61)75)32-38-16-10-7-11-17-38)67-54(77)44(68-57(80)83-37-41-20-14-9-15-21-41)29-31-63-49(72)27-26-48(71)62-30-28-43(53(76)64-35-51(74)82-36-40-18-12-8-13-19-40)65-55(78)46(69-58(81)85-60(4,5)6)33-39-22-24-42(70)25-23-39/h7-25,43-47,70H,26-37H2,1-6H3,(H2,61,75)(H,62,71)(H,63,72)(H,64,76)(H,65,78)(H,66,79)(H,67,77)(H,68,80)(H,69,81)/t43-,44-,45-,46-,47-/m0/s1. The first kappa shape index (κ1) is 68.0. The van der Waals surface area contributed by atoms with Crippen LogP contribution >= 0.6 is 0 Å². The molecule has 25 heteroatoms. The van der Waals surface area contributed by atoms with Crippen molar-refractivity contribution in [3.05, 3.63) is 138 Å². The van der Waals surface area contributed by atoms with Crippen LogP contribution in [-0.2, 0) is 88.2 Å². The maximum Gasteiger partial charge on any atom is 0.408 e. The first-order chi connectivity index (χ1) is 40.2. The number of rotatable bonds is 31. The van der Waals surface area contributed by atoms with Gasteiger partial charge in [-0.2, -0.15) is 0 Å². The second-order valence-electron chi connectivity index (χ2n) is 21.5. The number of phenolic OH excluding ortho intramolecular Hbond substituents is 1. The van der Waals surface area contributed by atoms with E-state index >= 15 is 0 Å². The molecule has 11 N–H and O–H groups in total. The minimum absolute atomic E-state index is 0.0212. The minimum atomic E-state index is -1.66. The third kappa shape index (κ3) is 27.9. The molecule has 0 saturated heterocycles. The maximum absolute atomic E-state index is 14.1. The van der Waals surface area contributed by atoms with Crippen LogP contribution in [0, 0.1) is 0 Å². The fourth-order valence-electron chi connectivity index (χ4n) is 7.81. The van der Waals surface area contributed by atoms with Crippen LogP contribution in [0.1, 0.15) is 95.9 Å². The van der Waals surface area contributed by atoms with Crippen LogP contribution in [0.15, 0.2) is 115 Å². The zero-order chi connectivity index (χ0) is 62.5. The highest BCUT2D eigenvalue weighted by Crippen LogP contribution is 2.15. The molecule has 0 spiro atoms. The summed E-state index contributed by atoms with van der Waals surface area (Å²) in [6, 6.07) is 24.7. The number of amides is 9. The summed E-state index contributed by atoms with van der Waals surface area (Å²) in [7, 11) is 0. The lowest BCUT2D eigenvalue weighted by atomic mass is 10.0. The molecule has 0 aliphatic rings. The van der Waals surface area contributed by atoms with Crippen molar-refractivity contribution in [2.24, 2.45) is 5.73 Å². The van der Waals surface area contributed by atoms with E-state index in [4.69, 9.17) is 24.7 Å². The molecular weight excluding hydrogens is 1100 g/mol. The summed E-state index contributed by atoms with van der Waals surface area (Å²) < 4.78 is 21.4. The van der Waals surface area contributed by atoms with Gasteiger partial charge >= 0.3 is 24.1 Å². The zero-order valence-corrected chi connectivity index (χ0v) is 48.5. The van der Waals surface area contributed by atoms with Crippen molar-refractivity contribution in [2.45, 2.75) is 141 Å². The molecule has 85 heavy (non-hydrogen) atoms. The fraction of sp³-hybridized carbons (Fsp3) is 0.417. The van der Waals surface area contributed by atoms with Crippen LogP contribution in [-0.4, -0.2) is 132 Å². The molecule has 0 aromatic heterocycles. The number of carbonyl (C=O) groups excluding carboxylic acids is 11. The Bertz CT molecular complexity index is 2880. The number of hydrogen-bond acceptors (Lipinski definition) is 16. The minimum Gasteiger partial charge on any atom is -0.508 e. The van der Waals surface area contributed by atoms with Crippen molar-refractivity contribution in [3.8, 4) is 5.75 Å². The number of primary amides is 1. The van der Waals surface area contributed by atoms with E-state index in [-0.39, 0.29) is 64.2 Å². The molecule has 0 bridgehead atoms. The van der Waals surface area contributed by atoms with E-state index in [9.17, 15) is 57.8 Å². The summed E-state index contributed by atoms with van der Waals surface area (Å²) in [4.78, 5) is 146. The molecule has 4 aromatic rings. The molecule has 458 valence electrons. The van der Waals surface area contributed by atoms with Crippen LogP contribution in [0.4, 0.5) is 9.59 Å². The molecule has 4 aromatic carbocycles. The number of aromatic hydroxyl groups is 1. The van der Waals surface area contributed by atoms with Gasteiger partial charge in [0, 0.05) is 38.8 Å². The van der Waals surface area contributed by atoms with Gasteiger partial charge in [-0.15, -0.1) is 0 Å². The van der Waals surface area contributed by atoms with E-state index in [1.807, 2.05) is 0 Å². The number of hydrogen-bond donors (Lipinski definition) is 10.